The first-order valence-corrected chi connectivity index (χ1v) is 7.98. The van der Waals surface area contributed by atoms with Crippen molar-refractivity contribution >= 4 is 10.9 Å². The lowest BCUT2D eigenvalue weighted by atomic mass is 10.0. The molecule has 0 amide bonds. The lowest BCUT2D eigenvalue weighted by Gasteiger charge is -2.07. The first-order chi connectivity index (χ1) is 12.2. The molecular formula is C21H16N2O2. The van der Waals surface area contributed by atoms with Crippen LogP contribution in [0, 0.1) is 0 Å². The third-order valence-electron chi connectivity index (χ3n) is 4.17. The number of aromatic nitrogens is 2. The predicted molar refractivity (Wildman–Crippen MR) is 99.8 cm³/mol. The topological polar surface area (TPSA) is 55.0 Å². The van der Waals surface area contributed by atoms with E-state index in [4.69, 9.17) is 4.74 Å². The second-order valence-corrected chi connectivity index (χ2v) is 5.74. The van der Waals surface area contributed by atoms with Gasteiger partial charge in [0.1, 0.15) is 11.6 Å². The standard InChI is InChI=1S/C21H16N2O2/c1-25-17-11-9-14(10-12-17)15-5-4-6-16(13-15)20-22-19-8-3-2-7-18(19)21(24)23-20/h2-13H,1H3,(H,22,23,24). The summed E-state index contributed by atoms with van der Waals surface area (Å²) in [5.74, 6) is 1.39. The number of ether oxygens (including phenoxy) is 1. The van der Waals surface area contributed by atoms with Gasteiger partial charge in [0.2, 0.25) is 0 Å². The lowest BCUT2D eigenvalue weighted by Crippen LogP contribution is -2.09. The number of nitrogens with one attached hydrogen (secondary N) is 1. The van der Waals surface area contributed by atoms with Gasteiger partial charge < -0.3 is 9.72 Å². The minimum absolute atomic E-state index is 0.129. The Morgan fingerprint density at radius 2 is 1.60 bits per heavy atom. The number of nitrogens with zero attached hydrogens (tertiary/aromatic N) is 1. The van der Waals surface area contributed by atoms with Crippen LogP contribution in [-0.4, -0.2) is 17.1 Å². The highest BCUT2D eigenvalue weighted by Crippen LogP contribution is 2.26. The molecule has 0 fully saturated rings. The number of hydrogen-bond acceptors (Lipinski definition) is 3. The SMILES string of the molecule is COc1ccc(-c2cccc(-c3nc4ccccc4c(=O)[nH]3)c2)cc1. The fraction of sp³-hybridized carbons (Fsp3) is 0.0476. The van der Waals surface area contributed by atoms with E-state index < -0.39 is 0 Å². The van der Waals surface area contributed by atoms with Crippen molar-refractivity contribution in [3.63, 3.8) is 0 Å². The van der Waals surface area contributed by atoms with Crippen LogP contribution in [0.15, 0.2) is 77.6 Å². The van der Waals surface area contributed by atoms with Gasteiger partial charge in [-0.05, 0) is 41.5 Å². The highest BCUT2D eigenvalue weighted by atomic mass is 16.5. The quantitative estimate of drug-likeness (QED) is 0.611. The molecule has 0 unspecified atom stereocenters. The zero-order valence-corrected chi connectivity index (χ0v) is 13.7. The van der Waals surface area contributed by atoms with Crippen molar-refractivity contribution in [2.24, 2.45) is 0 Å². The largest absolute Gasteiger partial charge is 0.497 e. The number of rotatable bonds is 3. The summed E-state index contributed by atoms with van der Waals surface area (Å²) >= 11 is 0. The maximum atomic E-state index is 12.3. The third kappa shape index (κ3) is 2.90. The van der Waals surface area contributed by atoms with Gasteiger partial charge in [0.05, 0.1) is 18.0 Å². The number of benzene rings is 3. The number of fused-ring (bicyclic) bond motifs is 1. The Kier molecular flexibility index (Phi) is 3.78. The van der Waals surface area contributed by atoms with E-state index in [-0.39, 0.29) is 5.56 Å². The molecule has 25 heavy (non-hydrogen) atoms. The van der Waals surface area contributed by atoms with Crippen LogP contribution in [0.3, 0.4) is 0 Å². The summed E-state index contributed by atoms with van der Waals surface area (Å²) in [4.78, 5) is 19.8. The van der Waals surface area contributed by atoms with Gasteiger partial charge in [0.15, 0.2) is 0 Å². The molecule has 4 heteroatoms. The fourth-order valence-corrected chi connectivity index (χ4v) is 2.85. The van der Waals surface area contributed by atoms with Gasteiger partial charge >= 0.3 is 0 Å². The molecule has 0 bridgehead atoms. The number of H-pyrrole nitrogens is 1. The molecule has 0 aliphatic carbocycles. The van der Waals surface area contributed by atoms with Gasteiger partial charge in [0.25, 0.3) is 5.56 Å². The predicted octanol–water partition coefficient (Wildman–Crippen LogP) is 4.27. The van der Waals surface area contributed by atoms with Crippen molar-refractivity contribution in [1.82, 2.24) is 9.97 Å². The average molecular weight is 328 g/mol. The molecule has 1 aromatic heterocycles. The van der Waals surface area contributed by atoms with Crippen molar-refractivity contribution in [3.05, 3.63) is 83.2 Å². The van der Waals surface area contributed by atoms with Gasteiger partial charge in [0, 0.05) is 5.56 Å². The highest BCUT2D eigenvalue weighted by molar-refractivity contribution is 5.80. The van der Waals surface area contributed by atoms with E-state index in [1.807, 2.05) is 66.7 Å². The molecule has 4 nitrogen and oxygen atoms in total. The molecule has 0 radical (unpaired) electrons. The minimum atomic E-state index is -0.129. The first kappa shape index (κ1) is 15.1. The summed E-state index contributed by atoms with van der Waals surface area (Å²) < 4.78 is 5.20. The van der Waals surface area contributed by atoms with Gasteiger partial charge in [-0.25, -0.2) is 4.98 Å². The van der Waals surface area contributed by atoms with Crippen LogP contribution in [0.2, 0.25) is 0 Å². The van der Waals surface area contributed by atoms with Crippen LogP contribution in [0.4, 0.5) is 0 Å². The molecule has 0 aliphatic heterocycles. The van der Waals surface area contributed by atoms with Crippen LogP contribution in [0.25, 0.3) is 33.4 Å². The van der Waals surface area contributed by atoms with Crippen LogP contribution in [-0.2, 0) is 0 Å². The zero-order chi connectivity index (χ0) is 17.2. The Labute approximate surface area is 144 Å². The Balaban J connectivity index is 1.80. The molecule has 1 N–H and O–H groups in total. The van der Waals surface area contributed by atoms with E-state index in [2.05, 4.69) is 9.97 Å². The van der Waals surface area contributed by atoms with Crippen molar-refractivity contribution < 1.29 is 4.74 Å². The van der Waals surface area contributed by atoms with E-state index >= 15 is 0 Å². The van der Waals surface area contributed by atoms with Gasteiger partial charge in [-0.15, -0.1) is 0 Å². The van der Waals surface area contributed by atoms with E-state index in [1.54, 1.807) is 13.2 Å². The fourth-order valence-electron chi connectivity index (χ4n) is 2.85. The van der Waals surface area contributed by atoms with Crippen LogP contribution in [0.1, 0.15) is 0 Å². The first-order valence-electron chi connectivity index (χ1n) is 7.98. The van der Waals surface area contributed by atoms with Crippen LogP contribution >= 0.6 is 0 Å². The smallest absolute Gasteiger partial charge is 0.259 e. The zero-order valence-electron chi connectivity index (χ0n) is 13.7. The Morgan fingerprint density at radius 1 is 0.840 bits per heavy atom. The molecule has 122 valence electrons. The Bertz CT molecular complexity index is 1100. The summed E-state index contributed by atoms with van der Waals surface area (Å²) in [6.45, 7) is 0. The highest BCUT2D eigenvalue weighted by Gasteiger charge is 2.07. The second kappa shape index (κ2) is 6.24. The molecule has 4 rings (SSSR count). The number of aromatic amines is 1. The van der Waals surface area contributed by atoms with Crippen molar-refractivity contribution in [2.45, 2.75) is 0 Å². The van der Waals surface area contributed by atoms with Crippen molar-refractivity contribution in [3.8, 4) is 28.3 Å². The summed E-state index contributed by atoms with van der Waals surface area (Å²) in [5, 5.41) is 0.595. The Hall–Kier alpha value is -3.40. The molecule has 0 saturated heterocycles. The van der Waals surface area contributed by atoms with Gasteiger partial charge in [-0.3, -0.25) is 4.79 Å². The van der Waals surface area contributed by atoms with Crippen LogP contribution in [0.5, 0.6) is 5.75 Å². The van der Waals surface area contributed by atoms with E-state index in [0.29, 0.717) is 16.7 Å². The summed E-state index contributed by atoms with van der Waals surface area (Å²) in [7, 11) is 1.65. The monoisotopic (exact) mass is 328 g/mol. The van der Waals surface area contributed by atoms with Gasteiger partial charge in [-0.1, -0.05) is 42.5 Å². The van der Waals surface area contributed by atoms with E-state index in [0.717, 1.165) is 22.4 Å². The molecule has 1 heterocycles. The molecule has 0 atom stereocenters. The maximum absolute atomic E-state index is 12.3. The molecular weight excluding hydrogens is 312 g/mol. The molecule has 0 aliphatic rings. The van der Waals surface area contributed by atoms with Crippen LogP contribution < -0.4 is 10.3 Å². The van der Waals surface area contributed by atoms with Crippen molar-refractivity contribution in [2.75, 3.05) is 7.11 Å². The number of methoxy groups -OCH3 is 1. The average Bonchev–Trinajstić information content (AvgIpc) is 2.68. The normalized spacial score (nSPS) is 10.8. The minimum Gasteiger partial charge on any atom is -0.497 e. The number of para-hydroxylation sites is 1. The van der Waals surface area contributed by atoms with Crippen molar-refractivity contribution in [1.29, 1.82) is 0 Å². The van der Waals surface area contributed by atoms with E-state index in [9.17, 15) is 4.79 Å². The lowest BCUT2D eigenvalue weighted by molar-refractivity contribution is 0.415. The summed E-state index contributed by atoms with van der Waals surface area (Å²) in [5.41, 5.74) is 3.56. The second-order valence-electron chi connectivity index (χ2n) is 5.74. The summed E-state index contributed by atoms with van der Waals surface area (Å²) in [6, 6.07) is 23.2. The molecule has 0 saturated carbocycles. The maximum Gasteiger partial charge on any atom is 0.259 e. The van der Waals surface area contributed by atoms with E-state index in [1.165, 1.54) is 0 Å². The Morgan fingerprint density at radius 3 is 2.40 bits per heavy atom. The molecule has 3 aromatic carbocycles. The molecule has 4 aromatic rings. The number of hydrogen-bond donors (Lipinski definition) is 1. The summed E-state index contributed by atoms with van der Waals surface area (Å²) in [6.07, 6.45) is 0. The third-order valence-corrected chi connectivity index (χ3v) is 4.17. The van der Waals surface area contributed by atoms with Gasteiger partial charge in [-0.2, -0.15) is 0 Å². The molecule has 0 spiro atoms.